The molecule has 0 aromatic carbocycles. The fourth-order valence-electron chi connectivity index (χ4n) is 2.66. The Labute approximate surface area is 114 Å². The number of hydrogen-bond acceptors (Lipinski definition) is 4. The smallest absolute Gasteiger partial charge is 0.226 e. The Morgan fingerprint density at radius 2 is 2.11 bits per heavy atom. The van der Waals surface area contributed by atoms with Gasteiger partial charge in [-0.15, -0.1) is 0 Å². The van der Waals surface area contributed by atoms with Crippen molar-refractivity contribution >= 4 is 11.8 Å². The maximum Gasteiger partial charge on any atom is 0.226 e. The summed E-state index contributed by atoms with van der Waals surface area (Å²) in [4.78, 5) is 11.1. The molecule has 0 spiro atoms. The standard InChI is InChI=1S/C14H23N5/c1-3-4-11-5-7-19(8-6-11)14-17-10(2)9-12(18-14)13(15)16/h9,11H,3-8H2,1-2H3,(H3,15,16). The first-order valence-electron chi connectivity index (χ1n) is 7.05. The van der Waals surface area contributed by atoms with E-state index in [1.54, 1.807) is 6.07 Å². The van der Waals surface area contributed by atoms with Crippen LogP contribution in [0.3, 0.4) is 0 Å². The normalized spacial score (nSPS) is 16.6. The number of nitrogens with one attached hydrogen (secondary N) is 1. The average Bonchev–Trinajstić information content (AvgIpc) is 2.39. The third kappa shape index (κ3) is 3.43. The Morgan fingerprint density at radius 1 is 1.42 bits per heavy atom. The highest BCUT2D eigenvalue weighted by Crippen LogP contribution is 2.24. The van der Waals surface area contributed by atoms with E-state index < -0.39 is 0 Å². The summed E-state index contributed by atoms with van der Waals surface area (Å²) in [7, 11) is 0. The summed E-state index contributed by atoms with van der Waals surface area (Å²) in [6.45, 7) is 6.17. The molecule has 19 heavy (non-hydrogen) atoms. The SMILES string of the molecule is CCCC1CCN(c2nc(C)cc(C(=N)N)n2)CC1. The molecule has 0 aliphatic carbocycles. The number of nitrogen functional groups attached to an aromatic ring is 1. The quantitative estimate of drug-likeness (QED) is 0.642. The van der Waals surface area contributed by atoms with Crippen LogP contribution in [0, 0.1) is 18.3 Å². The fraction of sp³-hybridized carbons (Fsp3) is 0.643. The van der Waals surface area contributed by atoms with Gasteiger partial charge in [-0.1, -0.05) is 19.8 Å². The second-order valence-electron chi connectivity index (χ2n) is 5.33. The van der Waals surface area contributed by atoms with Gasteiger partial charge in [0.2, 0.25) is 5.95 Å². The van der Waals surface area contributed by atoms with Crippen molar-refractivity contribution in [3.8, 4) is 0 Å². The van der Waals surface area contributed by atoms with E-state index in [0.717, 1.165) is 30.6 Å². The largest absolute Gasteiger partial charge is 0.382 e. The van der Waals surface area contributed by atoms with Crippen LogP contribution in [0.15, 0.2) is 6.07 Å². The summed E-state index contributed by atoms with van der Waals surface area (Å²) >= 11 is 0. The van der Waals surface area contributed by atoms with Gasteiger partial charge in [0.25, 0.3) is 0 Å². The Hall–Kier alpha value is -1.65. The number of hydrogen-bond donors (Lipinski definition) is 2. The van der Waals surface area contributed by atoms with Crippen LogP contribution in [0.1, 0.15) is 44.0 Å². The first-order chi connectivity index (χ1) is 9.10. The molecule has 0 saturated carbocycles. The molecule has 1 aromatic rings. The van der Waals surface area contributed by atoms with Crippen LogP contribution in [-0.2, 0) is 0 Å². The van der Waals surface area contributed by atoms with Crippen molar-refractivity contribution in [2.45, 2.75) is 39.5 Å². The second kappa shape index (κ2) is 5.99. The Balaban J connectivity index is 2.09. The molecule has 1 fully saturated rings. The molecule has 0 radical (unpaired) electrons. The molecular formula is C14H23N5. The molecule has 1 aliphatic rings. The van der Waals surface area contributed by atoms with Gasteiger partial charge in [0.05, 0.1) is 0 Å². The van der Waals surface area contributed by atoms with E-state index in [0.29, 0.717) is 5.69 Å². The molecule has 1 saturated heterocycles. The van der Waals surface area contributed by atoms with Crippen LogP contribution in [0.25, 0.3) is 0 Å². The van der Waals surface area contributed by atoms with Gasteiger partial charge in [-0.05, 0) is 31.7 Å². The lowest BCUT2D eigenvalue weighted by atomic mass is 9.93. The van der Waals surface area contributed by atoms with E-state index in [2.05, 4.69) is 21.8 Å². The van der Waals surface area contributed by atoms with Crippen LogP contribution in [0.5, 0.6) is 0 Å². The van der Waals surface area contributed by atoms with E-state index in [1.807, 2.05) is 6.92 Å². The highest BCUT2D eigenvalue weighted by molar-refractivity contribution is 5.93. The molecule has 0 unspecified atom stereocenters. The molecule has 0 amide bonds. The van der Waals surface area contributed by atoms with E-state index >= 15 is 0 Å². The zero-order chi connectivity index (χ0) is 13.8. The molecule has 104 valence electrons. The predicted molar refractivity (Wildman–Crippen MR) is 77.6 cm³/mol. The minimum absolute atomic E-state index is 0.00705. The van der Waals surface area contributed by atoms with Crippen molar-refractivity contribution in [3.63, 3.8) is 0 Å². The molecule has 2 rings (SSSR count). The summed E-state index contributed by atoms with van der Waals surface area (Å²) in [5.74, 6) is 1.58. The van der Waals surface area contributed by atoms with Crippen molar-refractivity contribution in [2.75, 3.05) is 18.0 Å². The molecule has 3 N–H and O–H groups in total. The van der Waals surface area contributed by atoms with Gasteiger partial charge < -0.3 is 10.6 Å². The van der Waals surface area contributed by atoms with Crippen LogP contribution < -0.4 is 10.6 Å². The Morgan fingerprint density at radius 3 is 2.68 bits per heavy atom. The molecule has 1 aromatic heterocycles. The number of rotatable bonds is 4. The van der Waals surface area contributed by atoms with Crippen molar-refractivity contribution in [1.29, 1.82) is 5.41 Å². The predicted octanol–water partition coefficient (Wildman–Crippen LogP) is 2.09. The summed E-state index contributed by atoms with van der Waals surface area (Å²) in [5.41, 5.74) is 6.91. The third-order valence-electron chi connectivity index (χ3n) is 3.71. The highest BCUT2D eigenvalue weighted by atomic mass is 15.3. The molecule has 0 bridgehead atoms. The number of nitrogens with zero attached hydrogens (tertiary/aromatic N) is 3. The first-order valence-corrected chi connectivity index (χ1v) is 7.05. The topological polar surface area (TPSA) is 78.9 Å². The van der Waals surface area contributed by atoms with Crippen LogP contribution in [-0.4, -0.2) is 28.9 Å². The van der Waals surface area contributed by atoms with E-state index in [4.69, 9.17) is 11.1 Å². The molecule has 0 atom stereocenters. The summed E-state index contributed by atoms with van der Waals surface area (Å²) in [6.07, 6.45) is 5.00. The van der Waals surface area contributed by atoms with Gasteiger partial charge in [0, 0.05) is 18.8 Å². The average molecular weight is 261 g/mol. The number of nitrogens with two attached hydrogens (primary N) is 1. The van der Waals surface area contributed by atoms with Gasteiger partial charge in [-0.3, -0.25) is 5.41 Å². The van der Waals surface area contributed by atoms with Gasteiger partial charge >= 0.3 is 0 Å². The lowest BCUT2D eigenvalue weighted by molar-refractivity contribution is 0.376. The van der Waals surface area contributed by atoms with Crippen LogP contribution >= 0.6 is 0 Å². The number of aryl methyl sites for hydroxylation is 1. The first kappa shape index (κ1) is 13.8. The molecule has 1 aliphatic heterocycles. The van der Waals surface area contributed by atoms with Gasteiger partial charge in [0.1, 0.15) is 11.5 Å². The van der Waals surface area contributed by atoms with Crippen molar-refractivity contribution < 1.29 is 0 Å². The third-order valence-corrected chi connectivity index (χ3v) is 3.71. The number of anilines is 1. The van der Waals surface area contributed by atoms with Crippen molar-refractivity contribution in [1.82, 2.24) is 9.97 Å². The van der Waals surface area contributed by atoms with Crippen molar-refractivity contribution in [3.05, 3.63) is 17.5 Å². The van der Waals surface area contributed by atoms with Crippen molar-refractivity contribution in [2.24, 2.45) is 11.7 Å². The summed E-state index contributed by atoms with van der Waals surface area (Å²) in [5, 5.41) is 7.50. The second-order valence-corrected chi connectivity index (χ2v) is 5.33. The molecule has 5 nitrogen and oxygen atoms in total. The Bertz CT molecular complexity index is 449. The van der Waals surface area contributed by atoms with Gasteiger partial charge in [-0.25, -0.2) is 9.97 Å². The number of amidine groups is 1. The zero-order valence-electron chi connectivity index (χ0n) is 11.8. The monoisotopic (exact) mass is 261 g/mol. The maximum atomic E-state index is 7.50. The maximum absolute atomic E-state index is 7.50. The van der Waals surface area contributed by atoms with E-state index in [1.165, 1.54) is 25.7 Å². The number of aromatic nitrogens is 2. The van der Waals surface area contributed by atoms with E-state index in [9.17, 15) is 0 Å². The van der Waals surface area contributed by atoms with Gasteiger partial charge in [-0.2, -0.15) is 0 Å². The zero-order valence-corrected chi connectivity index (χ0v) is 11.8. The van der Waals surface area contributed by atoms with Gasteiger partial charge in [0.15, 0.2) is 0 Å². The molecule has 5 heteroatoms. The van der Waals surface area contributed by atoms with E-state index in [-0.39, 0.29) is 5.84 Å². The minimum Gasteiger partial charge on any atom is -0.382 e. The molecular weight excluding hydrogens is 238 g/mol. The fourth-order valence-corrected chi connectivity index (χ4v) is 2.66. The lowest BCUT2D eigenvalue weighted by Gasteiger charge is -2.32. The Kier molecular flexibility index (Phi) is 4.35. The minimum atomic E-state index is 0.00705. The lowest BCUT2D eigenvalue weighted by Crippen LogP contribution is -2.35. The summed E-state index contributed by atoms with van der Waals surface area (Å²) < 4.78 is 0. The van der Waals surface area contributed by atoms with Crippen LogP contribution in [0.4, 0.5) is 5.95 Å². The van der Waals surface area contributed by atoms with Crippen LogP contribution in [0.2, 0.25) is 0 Å². The number of piperidine rings is 1. The molecule has 2 heterocycles. The highest BCUT2D eigenvalue weighted by Gasteiger charge is 2.21. The summed E-state index contributed by atoms with van der Waals surface area (Å²) in [6, 6.07) is 1.76.